The number of nitrogens with one attached hydrogen (secondary N) is 1. The first-order valence-electron chi connectivity index (χ1n) is 7.56. The van der Waals surface area contributed by atoms with Crippen LogP contribution in [0.15, 0.2) is 53.3 Å². The number of carbonyl (C=O) groups is 1. The Morgan fingerprint density at radius 2 is 1.71 bits per heavy atom. The minimum atomic E-state index is -0.564. The number of anilines is 1. The molecule has 0 saturated heterocycles. The second-order valence-electron chi connectivity index (χ2n) is 5.67. The third-order valence-electron chi connectivity index (χ3n) is 3.65. The highest BCUT2D eigenvalue weighted by Crippen LogP contribution is 2.18. The maximum Gasteiger partial charge on any atom is 0.276 e. The highest BCUT2D eigenvalue weighted by molar-refractivity contribution is 6.11. The second kappa shape index (κ2) is 6.23. The zero-order chi connectivity index (χ0) is 17.3. The molecule has 0 radical (unpaired) electrons. The molecule has 3 rings (SSSR count). The van der Waals surface area contributed by atoms with Crippen molar-refractivity contribution in [3.63, 3.8) is 0 Å². The van der Waals surface area contributed by atoms with Crippen LogP contribution in [0.3, 0.4) is 0 Å². The number of fused-ring (bicyclic) bond motifs is 1. The van der Waals surface area contributed by atoms with E-state index in [-0.39, 0.29) is 23.0 Å². The van der Waals surface area contributed by atoms with Gasteiger partial charge in [0.2, 0.25) is 0 Å². The summed E-state index contributed by atoms with van der Waals surface area (Å²) in [5.74, 6) is -1.10. The molecule has 0 fully saturated rings. The lowest BCUT2D eigenvalue weighted by Gasteiger charge is -2.13. The van der Waals surface area contributed by atoms with Gasteiger partial charge < -0.3 is 5.32 Å². The van der Waals surface area contributed by atoms with Crippen molar-refractivity contribution in [2.75, 3.05) is 5.32 Å². The van der Waals surface area contributed by atoms with E-state index in [1.54, 1.807) is 30.3 Å². The molecule has 6 heteroatoms. The summed E-state index contributed by atoms with van der Waals surface area (Å²) < 4.78 is 15.0. The van der Waals surface area contributed by atoms with Gasteiger partial charge in [-0.15, -0.1) is 0 Å². The summed E-state index contributed by atoms with van der Waals surface area (Å²) in [5.41, 5.74) is -0.110. The minimum absolute atomic E-state index is 0.0654. The number of aromatic nitrogens is 2. The molecule has 1 heterocycles. The van der Waals surface area contributed by atoms with Gasteiger partial charge in [-0.1, -0.05) is 30.3 Å². The lowest BCUT2D eigenvalue weighted by Crippen LogP contribution is -2.29. The first kappa shape index (κ1) is 15.9. The van der Waals surface area contributed by atoms with E-state index < -0.39 is 11.7 Å². The number of hydrogen-bond donors (Lipinski definition) is 1. The quantitative estimate of drug-likeness (QED) is 0.803. The van der Waals surface area contributed by atoms with Crippen LogP contribution in [0.25, 0.3) is 10.8 Å². The fourth-order valence-corrected chi connectivity index (χ4v) is 2.47. The Bertz CT molecular complexity index is 979. The molecule has 3 aromatic rings. The van der Waals surface area contributed by atoms with Crippen molar-refractivity contribution in [3.8, 4) is 0 Å². The van der Waals surface area contributed by atoms with Crippen molar-refractivity contribution in [1.29, 1.82) is 0 Å². The van der Waals surface area contributed by atoms with E-state index in [2.05, 4.69) is 10.4 Å². The standard InChI is InChI=1S/C18H16FN3O2/c1-11(2)22-18(24)13-8-4-3-7-12(13)16(21-22)17(23)20-15-10-6-5-9-14(15)19/h3-11H,1-2H3,(H,20,23). The largest absolute Gasteiger partial charge is 0.318 e. The zero-order valence-corrected chi connectivity index (χ0v) is 13.3. The summed E-state index contributed by atoms with van der Waals surface area (Å²) in [4.78, 5) is 25.1. The van der Waals surface area contributed by atoms with Crippen LogP contribution in [0.5, 0.6) is 0 Å². The van der Waals surface area contributed by atoms with Crippen molar-refractivity contribution in [2.45, 2.75) is 19.9 Å². The average molecular weight is 325 g/mol. The van der Waals surface area contributed by atoms with Crippen molar-refractivity contribution in [1.82, 2.24) is 9.78 Å². The van der Waals surface area contributed by atoms with E-state index in [0.29, 0.717) is 10.8 Å². The molecule has 0 atom stereocenters. The molecular formula is C18H16FN3O2. The molecule has 0 spiro atoms. The molecule has 24 heavy (non-hydrogen) atoms. The van der Waals surface area contributed by atoms with Gasteiger partial charge in [-0.3, -0.25) is 9.59 Å². The van der Waals surface area contributed by atoms with Crippen LogP contribution < -0.4 is 10.9 Å². The van der Waals surface area contributed by atoms with Gasteiger partial charge in [-0.25, -0.2) is 9.07 Å². The Kier molecular flexibility index (Phi) is 4.12. The predicted molar refractivity (Wildman–Crippen MR) is 90.7 cm³/mol. The van der Waals surface area contributed by atoms with Crippen molar-refractivity contribution < 1.29 is 9.18 Å². The van der Waals surface area contributed by atoms with E-state index in [0.717, 1.165) is 0 Å². The molecule has 0 aliphatic rings. The monoisotopic (exact) mass is 325 g/mol. The van der Waals surface area contributed by atoms with Crippen LogP contribution in [0, 0.1) is 5.82 Å². The number of halogens is 1. The molecule has 1 aromatic heterocycles. The van der Waals surface area contributed by atoms with E-state index in [4.69, 9.17) is 0 Å². The summed E-state index contributed by atoms with van der Waals surface area (Å²) in [6.45, 7) is 3.61. The number of rotatable bonds is 3. The van der Waals surface area contributed by atoms with Gasteiger partial charge in [-0.2, -0.15) is 5.10 Å². The molecule has 0 aliphatic heterocycles. The molecule has 2 aromatic carbocycles. The molecule has 5 nitrogen and oxygen atoms in total. The van der Waals surface area contributed by atoms with Gasteiger partial charge in [0, 0.05) is 5.39 Å². The van der Waals surface area contributed by atoms with Crippen LogP contribution in [0.2, 0.25) is 0 Å². The Labute approximate surface area is 137 Å². The number of benzene rings is 2. The lowest BCUT2D eigenvalue weighted by molar-refractivity contribution is 0.102. The predicted octanol–water partition coefficient (Wildman–Crippen LogP) is 3.37. The number of para-hydroxylation sites is 1. The van der Waals surface area contributed by atoms with Crippen LogP contribution >= 0.6 is 0 Å². The topological polar surface area (TPSA) is 64.0 Å². The SMILES string of the molecule is CC(C)n1nc(C(=O)Nc2ccccc2F)c2ccccc2c1=O. The summed E-state index contributed by atoms with van der Waals surface area (Å²) >= 11 is 0. The van der Waals surface area contributed by atoms with Gasteiger partial charge in [0.05, 0.1) is 17.1 Å². The van der Waals surface area contributed by atoms with Crippen molar-refractivity contribution in [3.05, 3.63) is 70.4 Å². The normalized spacial score (nSPS) is 11.0. The lowest BCUT2D eigenvalue weighted by atomic mass is 10.1. The summed E-state index contributed by atoms with van der Waals surface area (Å²) in [6, 6.07) is 12.4. The fraction of sp³-hybridized carbons (Fsp3) is 0.167. The molecule has 0 aliphatic carbocycles. The minimum Gasteiger partial charge on any atom is -0.318 e. The smallest absolute Gasteiger partial charge is 0.276 e. The van der Waals surface area contributed by atoms with E-state index in [9.17, 15) is 14.0 Å². The highest BCUT2D eigenvalue weighted by Gasteiger charge is 2.18. The number of carbonyl (C=O) groups excluding carboxylic acids is 1. The number of hydrogen-bond acceptors (Lipinski definition) is 3. The third-order valence-corrected chi connectivity index (χ3v) is 3.65. The number of nitrogens with zero attached hydrogens (tertiary/aromatic N) is 2. The molecule has 0 saturated carbocycles. The Balaban J connectivity index is 2.15. The second-order valence-corrected chi connectivity index (χ2v) is 5.67. The fourth-order valence-electron chi connectivity index (χ4n) is 2.47. The van der Waals surface area contributed by atoms with E-state index >= 15 is 0 Å². The molecule has 1 amide bonds. The van der Waals surface area contributed by atoms with Crippen molar-refractivity contribution in [2.24, 2.45) is 0 Å². The summed E-state index contributed by atoms with van der Waals surface area (Å²) in [5, 5.41) is 7.55. The van der Waals surface area contributed by atoms with Gasteiger partial charge in [0.15, 0.2) is 5.69 Å². The first-order chi connectivity index (χ1) is 11.5. The van der Waals surface area contributed by atoms with Gasteiger partial charge in [-0.05, 0) is 32.0 Å². The number of amides is 1. The maximum atomic E-state index is 13.8. The highest BCUT2D eigenvalue weighted by atomic mass is 19.1. The maximum absolute atomic E-state index is 13.8. The van der Waals surface area contributed by atoms with E-state index in [1.165, 1.54) is 22.9 Å². The summed E-state index contributed by atoms with van der Waals surface area (Å²) in [7, 11) is 0. The molecule has 0 unspecified atom stereocenters. The Hall–Kier alpha value is -3.02. The third kappa shape index (κ3) is 2.78. The van der Waals surface area contributed by atoms with Crippen molar-refractivity contribution >= 4 is 22.4 Å². The first-order valence-corrected chi connectivity index (χ1v) is 7.56. The van der Waals surface area contributed by atoms with E-state index in [1.807, 2.05) is 13.8 Å². The molecule has 1 N–H and O–H groups in total. The Morgan fingerprint density at radius 1 is 1.08 bits per heavy atom. The van der Waals surface area contributed by atoms with Gasteiger partial charge >= 0.3 is 0 Å². The van der Waals surface area contributed by atoms with Gasteiger partial charge in [0.1, 0.15) is 5.82 Å². The van der Waals surface area contributed by atoms with Crippen LogP contribution in [-0.2, 0) is 0 Å². The van der Waals surface area contributed by atoms with Crippen LogP contribution in [0.4, 0.5) is 10.1 Å². The molecular weight excluding hydrogens is 309 g/mol. The Morgan fingerprint density at radius 3 is 2.38 bits per heavy atom. The van der Waals surface area contributed by atoms with Crippen LogP contribution in [0.1, 0.15) is 30.4 Å². The molecule has 0 bridgehead atoms. The van der Waals surface area contributed by atoms with Gasteiger partial charge in [0.25, 0.3) is 11.5 Å². The summed E-state index contributed by atoms with van der Waals surface area (Å²) in [6.07, 6.45) is 0. The zero-order valence-electron chi connectivity index (χ0n) is 13.3. The van der Waals surface area contributed by atoms with Crippen LogP contribution in [-0.4, -0.2) is 15.7 Å². The average Bonchev–Trinajstić information content (AvgIpc) is 2.57. The molecule has 122 valence electrons.